The van der Waals surface area contributed by atoms with Gasteiger partial charge in [0.2, 0.25) is 0 Å². The Hall–Kier alpha value is -0.830. The van der Waals surface area contributed by atoms with E-state index in [2.05, 4.69) is 29.0 Å². The minimum Gasteiger partial charge on any atom is -0.343 e. The van der Waals surface area contributed by atoms with Crippen molar-refractivity contribution < 1.29 is 0 Å². The van der Waals surface area contributed by atoms with Crippen molar-refractivity contribution >= 4 is 5.84 Å². The van der Waals surface area contributed by atoms with Crippen LogP contribution < -0.4 is 5.73 Å². The van der Waals surface area contributed by atoms with Crippen LogP contribution in [0.15, 0.2) is 17.1 Å². The molecule has 0 saturated heterocycles. The van der Waals surface area contributed by atoms with Crippen molar-refractivity contribution in [2.24, 2.45) is 10.7 Å². The molecule has 0 spiro atoms. The molecular formula is C16H31N3. The first-order valence-corrected chi connectivity index (χ1v) is 7.96. The molecule has 1 unspecified atom stereocenters. The number of allylic oxidation sites excluding steroid dienone is 2. The maximum absolute atomic E-state index is 5.93. The Morgan fingerprint density at radius 2 is 1.95 bits per heavy atom. The summed E-state index contributed by atoms with van der Waals surface area (Å²) in [7, 11) is 0. The smallest absolute Gasteiger partial charge is 0.100 e. The minimum absolute atomic E-state index is 0.107. The van der Waals surface area contributed by atoms with Crippen LogP contribution >= 0.6 is 0 Å². The fraction of sp³-hybridized carbons (Fsp3) is 0.812. The predicted octanol–water partition coefficient (Wildman–Crippen LogP) is 3.70. The molecular weight excluding hydrogens is 234 g/mol. The Kier molecular flexibility index (Phi) is 8.55. The van der Waals surface area contributed by atoms with Gasteiger partial charge in [0, 0.05) is 13.0 Å². The summed E-state index contributed by atoms with van der Waals surface area (Å²) in [6, 6.07) is 0. The number of amidine groups is 1. The molecule has 0 amide bonds. The topological polar surface area (TPSA) is 41.6 Å². The van der Waals surface area contributed by atoms with Gasteiger partial charge in [-0.05, 0) is 32.6 Å². The van der Waals surface area contributed by atoms with Crippen LogP contribution in [0, 0.1) is 0 Å². The van der Waals surface area contributed by atoms with Crippen molar-refractivity contribution in [3.8, 4) is 0 Å². The first-order valence-electron chi connectivity index (χ1n) is 7.96. The summed E-state index contributed by atoms with van der Waals surface area (Å²) < 4.78 is 0. The summed E-state index contributed by atoms with van der Waals surface area (Å²) in [5, 5.41) is 0. The molecule has 1 aliphatic rings. The van der Waals surface area contributed by atoms with Crippen LogP contribution in [0.3, 0.4) is 0 Å². The molecule has 0 radical (unpaired) electrons. The normalized spacial score (nSPS) is 17.2. The van der Waals surface area contributed by atoms with E-state index >= 15 is 0 Å². The Balaban J connectivity index is 2.03. The summed E-state index contributed by atoms with van der Waals surface area (Å²) in [5.74, 6) is 1.21. The number of nitrogens with two attached hydrogens (primary N) is 1. The molecule has 0 aromatic heterocycles. The zero-order chi connectivity index (χ0) is 13.9. The van der Waals surface area contributed by atoms with Gasteiger partial charge >= 0.3 is 0 Å². The van der Waals surface area contributed by atoms with Crippen LogP contribution in [0.25, 0.3) is 0 Å². The van der Waals surface area contributed by atoms with E-state index in [0.717, 1.165) is 19.5 Å². The molecule has 3 heteroatoms. The van der Waals surface area contributed by atoms with Crippen LogP contribution in [0.1, 0.15) is 65.2 Å². The number of unbranched alkanes of at least 4 members (excludes halogenated alkanes) is 5. The average molecular weight is 265 g/mol. The zero-order valence-electron chi connectivity index (χ0n) is 12.8. The van der Waals surface area contributed by atoms with E-state index in [1.165, 1.54) is 50.8 Å². The fourth-order valence-corrected chi connectivity index (χ4v) is 2.47. The third-order valence-corrected chi connectivity index (χ3v) is 3.62. The first kappa shape index (κ1) is 16.2. The summed E-state index contributed by atoms with van der Waals surface area (Å²) >= 11 is 0. The maximum Gasteiger partial charge on any atom is 0.100 e. The highest BCUT2D eigenvalue weighted by Crippen LogP contribution is 2.11. The lowest BCUT2D eigenvalue weighted by atomic mass is 10.1. The predicted molar refractivity (Wildman–Crippen MR) is 84.4 cm³/mol. The van der Waals surface area contributed by atoms with Crippen LogP contribution in [-0.4, -0.2) is 30.0 Å². The highest BCUT2D eigenvalue weighted by atomic mass is 15.3. The van der Waals surface area contributed by atoms with Gasteiger partial charge in [-0.15, -0.1) is 0 Å². The fourth-order valence-electron chi connectivity index (χ4n) is 2.47. The largest absolute Gasteiger partial charge is 0.343 e. The Labute approximate surface area is 119 Å². The standard InChI is InChI=1S/C16H31N3/c1-3-4-5-6-7-8-9-10-11-12-16-18-13-14-19(16)15(2)17/h8-9,15H,3-7,10-14,17H2,1-2H3/b9-8+. The molecule has 110 valence electrons. The second kappa shape index (κ2) is 10.0. The Morgan fingerprint density at radius 3 is 2.63 bits per heavy atom. The minimum atomic E-state index is 0.107. The van der Waals surface area contributed by atoms with E-state index in [4.69, 9.17) is 5.73 Å². The van der Waals surface area contributed by atoms with Crippen LogP contribution in [-0.2, 0) is 0 Å². The Morgan fingerprint density at radius 1 is 1.21 bits per heavy atom. The van der Waals surface area contributed by atoms with Crippen molar-refractivity contribution in [2.45, 2.75) is 71.4 Å². The SMILES string of the molecule is CCCCCC/C=C/CCCC1=NCCN1C(C)N. The van der Waals surface area contributed by atoms with E-state index in [0.29, 0.717) is 0 Å². The molecule has 1 heterocycles. The summed E-state index contributed by atoms with van der Waals surface area (Å²) in [5.41, 5.74) is 5.93. The van der Waals surface area contributed by atoms with E-state index in [9.17, 15) is 0 Å². The van der Waals surface area contributed by atoms with Crippen molar-refractivity contribution in [3.05, 3.63) is 12.2 Å². The lowest BCUT2D eigenvalue weighted by Gasteiger charge is -2.24. The third-order valence-electron chi connectivity index (χ3n) is 3.62. The van der Waals surface area contributed by atoms with E-state index in [1.54, 1.807) is 0 Å². The molecule has 1 aliphatic heterocycles. The maximum atomic E-state index is 5.93. The highest BCUT2D eigenvalue weighted by molar-refractivity contribution is 5.83. The lowest BCUT2D eigenvalue weighted by molar-refractivity contribution is 0.359. The quantitative estimate of drug-likeness (QED) is 0.483. The molecule has 0 saturated carbocycles. The second-order valence-corrected chi connectivity index (χ2v) is 5.44. The number of hydrogen-bond acceptors (Lipinski definition) is 3. The van der Waals surface area contributed by atoms with Crippen molar-refractivity contribution in [2.75, 3.05) is 13.1 Å². The van der Waals surface area contributed by atoms with Crippen molar-refractivity contribution in [3.63, 3.8) is 0 Å². The van der Waals surface area contributed by atoms with Gasteiger partial charge in [-0.1, -0.05) is 38.3 Å². The number of aliphatic imine (C=N–C) groups is 1. The Bertz CT molecular complexity index is 282. The molecule has 0 aromatic rings. The lowest BCUT2D eigenvalue weighted by Crippen LogP contribution is -2.41. The summed E-state index contributed by atoms with van der Waals surface area (Å²) in [6.45, 7) is 6.22. The monoisotopic (exact) mass is 265 g/mol. The number of rotatable bonds is 10. The number of nitrogens with zero attached hydrogens (tertiary/aromatic N) is 2. The molecule has 2 N–H and O–H groups in total. The van der Waals surface area contributed by atoms with Crippen molar-refractivity contribution in [1.82, 2.24) is 4.90 Å². The molecule has 0 bridgehead atoms. The van der Waals surface area contributed by atoms with Crippen LogP contribution in [0.2, 0.25) is 0 Å². The summed E-state index contributed by atoms with van der Waals surface area (Å²) in [4.78, 5) is 6.78. The molecule has 0 aliphatic carbocycles. The summed E-state index contributed by atoms with van der Waals surface area (Å²) in [6.07, 6.45) is 14.9. The van der Waals surface area contributed by atoms with Gasteiger partial charge in [-0.25, -0.2) is 0 Å². The molecule has 0 fully saturated rings. The second-order valence-electron chi connectivity index (χ2n) is 5.44. The van der Waals surface area contributed by atoms with Gasteiger partial charge in [0.25, 0.3) is 0 Å². The van der Waals surface area contributed by atoms with Gasteiger partial charge in [0.05, 0.1) is 12.7 Å². The van der Waals surface area contributed by atoms with Crippen LogP contribution in [0.5, 0.6) is 0 Å². The van der Waals surface area contributed by atoms with Gasteiger partial charge in [0.15, 0.2) is 0 Å². The van der Waals surface area contributed by atoms with Crippen molar-refractivity contribution in [1.29, 1.82) is 0 Å². The molecule has 0 aromatic carbocycles. The van der Waals surface area contributed by atoms with Gasteiger partial charge in [-0.3, -0.25) is 4.99 Å². The molecule has 1 rings (SSSR count). The molecule has 3 nitrogen and oxygen atoms in total. The zero-order valence-corrected chi connectivity index (χ0v) is 12.8. The van der Waals surface area contributed by atoms with Crippen LogP contribution in [0.4, 0.5) is 0 Å². The van der Waals surface area contributed by atoms with E-state index in [-0.39, 0.29) is 6.17 Å². The highest BCUT2D eigenvalue weighted by Gasteiger charge is 2.18. The van der Waals surface area contributed by atoms with E-state index < -0.39 is 0 Å². The average Bonchev–Trinajstić information content (AvgIpc) is 2.85. The third kappa shape index (κ3) is 6.76. The van der Waals surface area contributed by atoms with Gasteiger partial charge < -0.3 is 10.6 Å². The molecule has 1 atom stereocenters. The van der Waals surface area contributed by atoms with E-state index in [1.807, 2.05) is 6.92 Å². The number of hydrogen-bond donors (Lipinski definition) is 1. The van der Waals surface area contributed by atoms with Gasteiger partial charge in [-0.2, -0.15) is 0 Å². The first-order chi connectivity index (χ1) is 9.25. The molecule has 19 heavy (non-hydrogen) atoms. The van der Waals surface area contributed by atoms with Gasteiger partial charge in [0.1, 0.15) is 5.84 Å².